The largest absolute Gasteiger partial charge is 0.409 e. The minimum absolute atomic E-state index is 0.0746. The molecule has 38 heteroatoms. The molecule has 13 rings (SSSR count). The van der Waals surface area contributed by atoms with Gasteiger partial charge in [0.15, 0.2) is 5.84 Å². The van der Waals surface area contributed by atoms with Gasteiger partial charge >= 0.3 is 0 Å². The number of halogens is 8. The maximum atomic E-state index is 12.9. The van der Waals surface area contributed by atoms with Crippen molar-refractivity contribution in [3.8, 4) is 0 Å². The fraction of sp³-hybridized carbons (Fsp3) is 0.0588. The van der Waals surface area contributed by atoms with Crippen molar-refractivity contribution in [3.63, 3.8) is 0 Å². The van der Waals surface area contributed by atoms with Gasteiger partial charge in [-0.15, -0.1) is 0 Å². The molecule has 17 N–H and O–H groups in total. The molecule has 1 fully saturated rings. The van der Waals surface area contributed by atoms with Crippen molar-refractivity contribution in [1.29, 1.82) is 10.8 Å². The number of carbonyl (C=O) groups excluding carboxylic acids is 8. The zero-order valence-electron chi connectivity index (χ0n) is 63.9. The third-order valence-electron chi connectivity index (χ3n) is 17.2. The Morgan fingerprint density at radius 2 is 0.577 bits per heavy atom. The zero-order chi connectivity index (χ0) is 88.4. The number of ether oxygens (including phenoxy) is 1. The smallest absolute Gasteiger partial charge is 0.258 e. The van der Waals surface area contributed by atoms with Crippen LogP contribution < -0.4 is 59.7 Å². The molecule has 5 heterocycles. The summed E-state index contributed by atoms with van der Waals surface area (Å²) in [4.78, 5) is 124. The Balaban J connectivity index is 0.000000172. The number of amides is 8. The van der Waals surface area contributed by atoms with Crippen molar-refractivity contribution in [2.24, 2.45) is 27.3 Å². The van der Waals surface area contributed by atoms with Crippen LogP contribution in [-0.2, 0) is 4.74 Å². The van der Waals surface area contributed by atoms with Gasteiger partial charge in [0, 0.05) is 110 Å². The molecule has 1 saturated heterocycles. The summed E-state index contributed by atoms with van der Waals surface area (Å²) in [6.07, 6.45) is 5.63. The minimum atomic E-state index is -0.509. The van der Waals surface area contributed by atoms with Gasteiger partial charge in [0.2, 0.25) is 0 Å². The second-order valence-electron chi connectivity index (χ2n) is 25.6. The molecule has 624 valence electrons. The van der Waals surface area contributed by atoms with Gasteiger partial charge < -0.3 is 74.6 Å². The number of oxime groups is 1. The van der Waals surface area contributed by atoms with Gasteiger partial charge in [-0.05, 0) is 170 Å². The van der Waals surface area contributed by atoms with Crippen LogP contribution in [-0.4, -0.2) is 134 Å². The first-order chi connectivity index (χ1) is 59.0. The second kappa shape index (κ2) is 43.9. The van der Waals surface area contributed by atoms with E-state index in [-0.39, 0.29) is 45.3 Å². The van der Waals surface area contributed by atoms with Gasteiger partial charge in [0.25, 0.3) is 47.3 Å². The molecule has 8 amide bonds. The van der Waals surface area contributed by atoms with E-state index >= 15 is 0 Å². The fourth-order valence-corrected chi connectivity index (χ4v) is 12.0. The third-order valence-corrected chi connectivity index (χ3v) is 19.0. The van der Waals surface area contributed by atoms with Crippen LogP contribution in [0.5, 0.6) is 0 Å². The lowest BCUT2D eigenvalue weighted by atomic mass is 10.1. The molecule has 8 aromatic carbocycles. The van der Waals surface area contributed by atoms with E-state index in [4.69, 9.17) is 131 Å². The molecular weight excluding hydrogens is 1740 g/mol. The molecule has 1 aliphatic rings. The van der Waals surface area contributed by atoms with Crippen LogP contribution >= 0.6 is 92.8 Å². The monoisotopic (exact) mass is 1810 g/mol. The standard InChI is InChI=1S/C24H21Cl2N5O3.C21H17Cl2N5O2.C20H15Cl2N5O3.C20H15Cl2N5O2/c25-17-5-7-20(19(13-17)24(33)30-21-8-6-18(26)14-28-21)29-23(32)16-3-1-15(2-4-16)22(27)31-9-11-34-12-10-31;1-25-19(24)12-2-4-13(5-3-12)20(29)27-17-8-6-14(22)10-16(17)21(30)28-18-9-7-15(23)11-26-18;21-13-5-7-16(15(9-13)20(29)26-17-8-6-14(22)10-24-17)25-19(28)12-3-1-11(2-4-12)18(23)27-30;21-13-5-7-16(26-19(28)12-3-1-11(2-4-12)18(23)24)15(9-13)20(29)27-17-8-6-14(22)10-25-17/h1-8,13-14,27H,9-12H2,(H,29,32)(H,28,30,33);2-11H,1H3,(H2,24,25)(H,27,29)(H,26,28,30);1-10,30H,(H2,23,27)(H,25,28)(H,24,26,29);1-10H,(H3,23,24)(H,26,28)(H,25,27,29). The highest BCUT2D eigenvalue weighted by Crippen LogP contribution is 2.29. The van der Waals surface area contributed by atoms with Gasteiger partial charge in [0.05, 0.1) is 78.3 Å². The number of aliphatic imine (C=N–C) groups is 1. The summed E-state index contributed by atoms with van der Waals surface area (Å²) in [7, 11) is 1.59. The molecule has 0 bridgehead atoms. The summed E-state index contributed by atoms with van der Waals surface area (Å²) in [5, 5.41) is 51.9. The summed E-state index contributed by atoms with van der Waals surface area (Å²) >= 11 is 47.4. The van der Waals surface area contributed by atoms with Gasteiger partial charge in [0.1, 0.15) is 40.8 Å². The normalized spacial score (nSPS) is 11.5. The number of amidine groups is 4. The van der Waals surface area contributed by atoms with E-state index in [1.165, 1.54) is 85.5 Å². The Labute approximate surface area is 741 Å². The number of hydrogen-bond donors (Lipinski definition) is 14. The number of nitrogens with one attached hydrogen (secondary N) is 10. The molecule has 0 radical (unpaired) electrons. The number of nitrogens with two attached hydrogens (primary N) is 3. The van der Waals surface area contributed by atoms with E-state index in [9.17, 15) is 38.4 Å². The summed E-state index contributed by atoms with van der Waals surface area (Å²) in [6, 6.07) is 56.6. The lowest BCUT2D eigenvalue weighted by Crippen LogP contribution is -2.40. The lowest BCUT2D eigenvalue weighted by Gasteiger charge is -2.29. The Kier molecular flexibility index (Phi) is 32.6. The number of aromatic nitrogens is 4. The van der Waals surface area contributed by atoms with Crippen LogP contribution in [0.4, 0.5) is 46.0 Å². The zero-order valence-corrected chi connectivity index (χ0v) is 70.0. The van der Waals surface area contributed by atoms with Crippen molar-refractivity contribution in [3.05, 3.63) is 350 Å². The van der Waals surface area contributed by atoms with E-state index < -0.39 is 47.3 Å². The van der Waals surface area contributed by atoms with E-state index in [0.29, 0.717) is 157 Å². The number of anilines is 8. The van der Waals surface area contributed by atoms with E-state index in [1.54, 1.807) is 165 Å². The SMILES string of the molecule is CN=C(N)c1ccc(C(=O)Nc2ccc(Cl)cc2C(=O)Nc2ccc(Cl)cn2)cc1.N=C(N)c1ccc(C(=O)Nc2ccc(Cl)cc2C(=O)Nc2ccc(Cl)cn2)cc1.N=C(c1ccc(C(=O)Nc2ccc(Cl)cc2C(=O)Nc2ccc(Cl)cn2)cc1)N1CCOCC1.NC(=NO)c1ccc(C(=O)Nc2ccc(Cl)cc2C(=O)Nc2ccc(Cl)cn2)cc1. The molecule has 12 aromatic rings. The number of pyridine rings is 4. The quantitative estimate of drug-likeness (QED) is 0.0146. The molecule has 0 unspecified atom stereocenters. The first-order valence-corrected chi connectivity index (χ1v) is 39.0. The molecular formula is C85H68Cl8N20O10. The average molecular weight is 1810 g/mol. The number of benzene rings is 8. The number of nitrogens with zero attached hydrogens (tertiary/aromatic N) is 7. The van der Waals surface area contributed by atoms with E-state index in [1.807, 2.05) is 4.90 Å². The van der Waals surface area contributed by atoms with Crippen LogP contribution in [0.3, 0.4) is 0 Å². The van der Waals surface area contributed by atoms with Crippen molar-refractivity contribution in [2.75, 3.05) is 75.9 Å². The highest BCUT2D eigenvalue weighted by molar-refractivity contribution is 6.34. The van der Waals surface area contributed by atoms with Crippen LogP contribution in [0.25, 0.3) is 0 Å². The van der Waals surface area contributed by atoms with Crippen molar-refractivity contribution < 1.29 is 48.3 Å². The van der Waals surface area contributed by atoms with Crippen LogP contribution in [0.1, 0.15) is 105 Å². The summed E-state index contributed by atoms with van der Waals surface area (Å²) < 4.78 is 5.33. The number of carbonyl (C=O) groups is 8. The maximum absolute atomic E-state index is 12.9. The van der Waals surface area contributed by atoms with Gasteiger partial charge in [-0.1, -0.05) is 146 Å². The molecule has 0 aliphatic carbocycles. The Bertz CT molecular complexity index is 5800. The molecule has 0 saturated carbocycles. The number of rotatable bonds is 20. The molecule has 0 atom stereocenters. The Hall–Kier alpha value is -13.9. The molecule has 0 spiro atoms. The summed E-state index contributed by atoms with van der Waals surface area (Å²) in [5.41, 5.74) is 22.3. The van der Waals surface area contributed by atoms with E-state index in [2.05, 4.69) is 72.6 Å². The summed E-state index contributed by atoms with van der Waals surface area (Å²) in [6.45, 7) is 2.50. The minimum Gasteiger partial charge on any atom is -0.409 e. The Morgan fingerprint density at radius 1 is 0.333 bits per heavy atom. The first kappa shape index (κ1) is 91.4. The number of morpholine rings is 1. The second-order valence-corrected chi connectivity index (χ2v) is 29.1. The Morgan fingerprint density at radius 3 is 0.821 bits per heavy atom. The third kappa shape index (κ3) is 26.5. The van der Waals surface area contributed by atoms with Crippen molar-refractivity contribution >= 4 is 209 Å². The van der Waals surface area contributed by atoms with Crippen molar-refractivity contribution in [1.82, 2.24) is 24.8 Å². The van der Waals surface area contributed by atoms with Gasteiger partial charge in [-0.3, -0.25) is 54.2 Å². The van der Waals surface area contributed by atoms with E-state index in [0.717, 1.165) is 0 Å². The topological polar surface area (TPSA) is 468 Å². The highest BCUT2D eigenvalue weighted by Gasteiger charge is 2.23. The predicted molar refractivity (Wildman–Crippen MR) is 482 cm³/mol. The molecule has 1 aliphatic heterocycles. The van der Waals surface area contributed by atoms with Gasteiger partial charge in [-0.2, -0.15) is 0 Å². The number of hydrogen-bond acceptors (Lipinski definition) is 18. The molecule has 123 heavy (non-hydrogen) atoms. The number of nitrogen functional groups attached to an aromatic ring is 1. The summed E-state index contributed by atoms with van der Waals surface area (Å²) in [5.74, 6) is -1.84. The molecule has 30 nitrogen and oxygen atoms in total. The lowest BCUT2D eigenvalue weighted by molar-refractivity contribution is 0.0680. The first-order valence-electron chi connectivity index (χ1n) is 36.0. The molecule has 4 aromatic heterocycles. The van der Waals surface area contributed by atoms with Crippen LogP contribution in [0.15, 0.2) is 253 Å². The predicted octanol–water partition coefficient (Wildman–Crippen LogP) is 16.9. The highest BCUT2D eigenvalue weighted by atomic mass is 35.5. The van der Waals surface area contributed by atoms with Crippen LogP contribution in [0.2, 0.25) is 40.2 Å². The maximum Gasteiger partial charge on any atom is 0.258 e. The fourth-order valence-electron chi connectivity index (χ4n) is 10.9. The van der Waals surface area contributed by atoms with Crippen molar-refractivity contribution in [2.45, 2.75) is 0 Å². The van der Waals surface area contributed by atoms with Gasteiger partial charge in [-0.25, -0.2) is 19.9 Å². The average Bonchev–Trinajstić information content (AvgIpc) is 0.839. The van der Waals surface area contributed by atoms with Crippen LogP contribution in [0, 0.1) is 10.8 Å².